The van der Waals surface area contributed by atoms with E-state index in [1.54, 1.807) is 13.2 Å². The van der Waals surface area contributed by atoms with Crippen LogP contribution in [0.3, 0.4) is 0 Å². The van der Waals surface area contributed by atoms with Gasteiger partial charge in [0.05, 0.1) is 0 Å². The maximum atomic E-state index is 12.5. The van der Waals surface area contributed by atoms with E-state index in [0.717, 1.165) is 62.5 Å². The summed E-state index contributed by atoms with van der Waals surface area (Å²) in [4.78, 5) is 18.8. The number of hydrogen-bond acceptors (Lipinski definition) is 3. The smallest absolute Gasteiger partial charge is 0.253 e. The topological polar surface area (TPSA) is 74.5 Å². The Bertz CT molecular complexity index is 754. The Hall–Kier alpha value is -2.10. The van der Waals surface area contributed by atoms with Crippen molar-refractivity contribution >= 4 is 35.8 Å². The molecule has 0 saturated carbocycles. The number of guanidine groups is 1. The first kappa shape index (κ1) is 23.2. The largest absolute Gasteiger partial charge is 0.356 e. The van der Waals surface area contributed by atoms with Crippen molar-refractivity contribution in [2.24, 2.45) is 4.99 Å². The first-order chi connectivity index (χ1) is 13.8. The van der Waals surface area contributed by atoms with E-state index in [-0.39, 0.29) is 29.9 Å². The highest BCUT2D eigenvalue weighted by atomic mass is 127. The molecule has 1 aliphatic rings. The van der Waals surface area contributed by atoms with E-state index in [2.05, 4.69) is 20.7 Å². The van der Waals surface area contributed by atoms with Gasteiger partial charge < -0.3 is 15.5 Å². The molecule has 1 amide bonds. The van der Waals surface area contributed by atoms with Crippen molar-refractivity contribution in [1.82, 2.24) is 25.3 Å². The third kappa shape index (κ3) is 7.34. The first-order valence-electron chi connectivity index (χ1n) is 10.1. The van der Waals surface area contributed by atoms with Crippen LogP contribution >= 0.6 is 24.0 Å². The average Bonchev–Trinajstić information content (AvgIpc) is 3.27. The van der Waals surface area contributed by atoms with E-state index in [4.69, 9.17) is 0 Å². The molecule has 1 aromatic carbocycles. The van der Waals surface area contributed by atoms with Crippen LogP contribution in [0.1, 0.15) is 41.6 Å². The number of nitrogens with one attached hydrogen (secondary N) is 2. The van der Waals surface area contributed by atoms with Gasteiger partial charge in [0, 0.05) is 57.7 Å². The van der Waals surface area contributed by atoms with Crippen LogP contribution in [0.15, 0.2) is 47.7 Å². The van der Waals surface area contributed by atoms with Crippen LogP contribution in [0.4, 0.5) is 0 Å². The van der Waals surface area contributed by atoms with Crippen molar-refractivity contribution in [3.05, 3.63) is 53.9 Å². The Balaban J connectivity index is 0.00000300. The van der Waals surface area contributed by atoms with Crippen LogP contribution in [0.5, 0.6) is 0 Å². The summed E-state index contributed by atoms with van der Waals surface area (Å²) in [5.74, 6) is 0.919. The quantitative estimate of drug-likeness (QED) is 0.260. The lowest BCUT2D eigenvalue weighted by molar-refractivity contribution is 0.0724. The normalized spacial score (nSPS) is 14.2. The van der Waals surface area contributed by atoms with Gasteiger partial charge in [-0.3, -0.25) is 14.5 Å². The molecule has 0 radical (unpaired) electrons. The second-order valence-corrected chi connectivity index (χ2v) is 7.03. The molecule has 158 valence electrons. The van der Waals surface area contributed by atoms with Crippen molar-refractivity contribution in [3.63, 3.8) is 0 Å². The SMILES string of the molecule is CN=C(NCCCn1cccn1)NCc1ccc(C(=O)N2CCCCC2)cc1.I. The number of aliphatic imine (C=N–C) groups is 1. The maximum absolute atomic E-state index is 12.5. The van der Waals surface area contributed by atoms with Gasteiger partial charge in [-0.2, -0.15) is 5.10 Å². The highest BCUT2D eigenvalue weighted by molar-refractivity contribution is 14.0. The molecule has 1 aromatic heterocycles. The van der Waals surface area contributed by atoms with Gasteiger partial charge in [-0.05, 0) is 49.4 Å². The van der Waals surface area contributed by atoms with Gasteiger partial charge in [0.15, 0.2) is 5.96 Å². The summed E-state index contributed by atoms with van der Waals surface area (Å²) < 4.78 is 1.92. The predicted octanol–water partition coefficient (Wildman–Crippen LogP) is 2.88. The number of rotatable bonds is 7. The number of hydrogen-bond donors (Lipinski definition) is 2. The van der Waals surface area contributed by atoms with Gasteiger partial charge in [0.2, 0.25) is 0 Å². The average molecular weight is 510 g/mol. The molecule has 0 atom stereocenters. The van der Waals surface area contributed by atoms with Gasteiger partial charge in [0.25, 0.3) is 5.91 Å². The molecule has 7 nitrogen and oxygen atoms in total. The Morgan fingerprint density at radius 3 is 2.55 bits per heavy atom. The van der Waals surface area contributed by atoms with Crippen molar-refractivity contribution in [2.45, 2.75) is 38.8 Å². The molecule has 1 fully saturated rings. The van der Waals surface area contributed by atoms with Crippen molar-refractivity contribution in [3.8, 4) is 0 Å². The lowest BCUT2D eigenvalue weighted by Gasteiger charge is -2.26. The summed E-state index contributed by atoms with van der Waals surface area (Å²) in [5.41, 5.74) is 1.89. The molecule has 0 bridgehead atoms. The number of aromatic nitrogens is 2. The third-order valence-electron chi connectivity index (χ3n) is 4.94. The Labute approximate surface area is 190 Å². The number of amides is 1. The highest BCUT2D eigenvalue weighted by Gasteiger charge is 2.17. The van der Waals surface area contributed by atoms with E-state index < -0.39 is 0 Å². The van der Waals surface area contributed by atoms with Gasteiger partial charge >= 0.3 is 0 Å². The Morgan fingerprint density at radius 2 is 1.90 bits per heavy atom. The molecule has 2 heterocycles. The van der Waals surface area contributed by atoms with Crippen LogP contribution in [0.25, 0.3) is 0 Å². The summed E-state index contributed by atoms with van der Waals surface area (Å²) in [7, 11) is 1.77. The zero-order chi connectivity index (χ0) is 19.6. The summed E-state index contributed by atoms with van der Waals surface area (Å²) in [5, 5.41) is 10.8. The summed E-state index contributed by atoms with van der Waals surface area (Å²) in [6, 6.07) is 9.80. The predicted molar refractivity (Wildman–Crippen MR) is 127 cm³/mol. The van der Waals surface area contributed by atoms with Gasteiger partial charge in [-0.15, -0.1) is 24.0 Å². The number of nitrogens with zero attached hydrogens (tertiary/aromatic N) is 4. The fraction of sp³-hybridized carbons (Fsp3) is 0.476. The summed E-state index contributed by atoms with van der Waals surface area (Å²) in [6.45, 7) is 4.12. The monoisotopic (exact) mass is 510 g/mol. The molecule has 2 N–H and O–H groups in total. The van der Waals surface area contributed by atoms with Gasteiger partial charge in [-0.25, -0.2) is 0 Å². The Morgan fingerprint density at radius 1 is 1.14 bits per heavy atom. The van der Waals surface area contributed by atoms with Gasteiger partial charge in [-0.1, -0.05) is 12.1 Å². The lowest BCUT2D eigenvalue weighted by Crippen LogP contribution is -2.37. The molecule has 2 aromatic rings. The molecule has 8 heteroatoms. The minimum Gasteiger partial charge on any atom is -0.356 e. The number of piperidine rings is 1. The van der Waals surface area contributed by atoms with Crippen molar-refractivity contribution in [1.29, 1.82) is 0 Å². The summed E-state index contributed by atoms with van der Waals surface area (Å²) >= 11 is 0. The van der Waals surface area contributed by atoms with Crippen molar-refractivity contribution < 1.29 is 4.79 Å². The molecule has 1 saturated heterocycles. The molecule has 1 aliphatic heterocycles. The number of aryl methyl sites for hydroxylation is 1. The van der Waals surface area contributed by atoms with Crippen LogP contribution in [-0.2, 0) is 13.1 Å². The zero-order valence-corrected chi connectivity index (χ0v) is 19.3. The number of likely N-dealkylation sites (tertiary alicyclic amines) is 1. The van der Waals surface area contributed by atoms with E-state index in [1.165, 1.54) is 6.42 Å². The van der Waals surface area contributed by atoms with E-state index in [1.807, 2.05) is 46.1 Å². The number of halogens is 1. The maximum Gasteiger partial charge on any atom is 0.253 e. The van der Waals surface area contributed by atoms with Gasteiger partial charge in [0.1, 0.15) is 0 Å². The molecule has 0 aliphatic carbocycles. The fourth-order valence-electron chi connectivity index (χ4n) is 3.33. The minimum absolute atomic E-state index is 0. The lowest BCUT2D eigenvalue weighted by atomic mass is 10.1. The van der Waals surface area contributed by atoms with Crippen LogP contribution in [0.2, 0.25) is 0 Å². The molecular formula is C21H31IN6O. The van der Waals surface area contributed by atoms with Crippen LogP contribution in [0, 0.1) is 0 Å². The standard InChI is InChI=1S/C21H30N6O.HI/c1-22-21(23-11-5-15-27-16-6-12-25-27)24-17-18-7-9-19(10-8-18)20(28)26-13-3-2-4-14-26;/h6-10,12,16H,2-5,11,13-15,17H2,1H3,(H2,22,23,24);1H. The molecular weight excluding hydrogens is 479 g/mol. The van der Waals surface area contributed by atoms with Crippen molar-refractivity contribution in [2.75, 3.05) is 26.7 Å². The van der Waals surface area contributed by atoms with E-state index >= 15 is 0 Å². The Kier molecular flexibility index (Phi) is 9.96. The third-order valence-corrected chi connectivity index (χ3v) is 4.94. The summed E-state index contributed by atoms with van der Waals surface area (Å²) in [6.07, 6.45) is 8.18. The molecule has 29 heavy (non-hydrogen) atoms. The zero-order valence-electron chi connectivity index (χ0n) is 17.0. The van der Waals surface area contributed by atoms with E-state index in [9.17, 15) is 4.79 Å². The number of carbonyl (C=O) groups excluding carboxylic acids is 1. The first-order valence-corrected chi connectivity index (χ1v) is 10.1. The van der Waals surface area contributed by atoms with Crippen LogP contribution in [-0.4, -0.2) is 53.2 Å². The molecule has 3 rings (SSSR count). The van der Waals surface area contributed by atoms with Crippen LogP contribution < -0.4 is 10.6 Å². The second-order valence-electron chi connectivity index (χ2n) is 7.03. The second kappa shape index (κ2) is 12.5. The number of benzene rings is 1. The molecule has 0 spiro atoms. The highest BCUT2D eigenvalue weighted by Crippen LogP contribution is 2.13. The fourth-order valence-corrected chi connectivity index (χ4v) is 3.33. The minimum atomic E-state index is 0. The van der Waals surface area contributed by atoms with E-state index in [0.29, 0.717) is 6.54 Å². The molecule has 0 unspecified atom stereocenters. The number of carbonyl (C=O) groups is 1.